The van der Waals surface area contributed by atoms with Gasteiger partial charge in [0.05, 0.1) is 18.1 Å². The molecular formula is C16H26N2O. The fourth-order valence-electron chi connectivity index (χ4n) is 5.86. The van der Waals surface area contributed by atoms with Crippen molar-refractivity contribution in [1.82, 2.24) is 4.90 Å². The molecule has 0 unspecified atom stereocenters. The first kappa shape index (κ1) is 13.4. The van der Waals surface area contributed by atoms with Crippen molar-refractivity contribution < 1.29 is 5.11 Å². The summed E-state index contributed by atoms with van der Waals surface area (Å²) in [5.41, 5.74) is 0.153. The summed E-state index contributed by atoms with van der Waals surface area (Å²) in [5.74, 6) is 1.69. The number of hydrogen-bond acceptors (Lipinski definition) is 3. The maximum Gasteiger partial charge on any atom is 0.0744 e. The average Bonchev–Trinajstić information content (AvgIpc) is 2.77. The lowest BCUT2D eigenvalue weighted by molar-refractivity contribution is -0.105. The molecule has 3 rings (SSSR count). The van der Waals surface area contributed by atoms with E-state index in [2.05, 4.69) is 38.8 Å². The summed E-state index contributed by atoms with van der Waals surface area (Å²) in [7, 11) is 2.15. The maximum absolute atomic E-state index is 10.9. The first-order valence-corrected chi connectivity index (χ1v) is 7.70. The van der Waals surface area contributed by atoms with E-state index in [4.69, 9.17) is 0 Å². The van der Waals surface area contributed by atoms with E-state index in [1.165, 1.54) is 12.8 Å². The van der Waals surface area contributed by atoms with Crippen LogP contribution < -0.4 is 0 Å². The zero-order valence-electron chi connectivity index (χ0n) is 12.5. The minimum absolute atomic E-state index is 0.0350. The molecule has 1 N–H and O–H groups in total. The minimum atomic E-state index is -0.348. The van der Waals surface area contributed by atoms with E-state index in [1.807, 2.05) is 0 Å². The van der Waals surface area contributed by atoms with Crippen molar-refractivity contribution >= 4 is 0 Å². The van der Waals surface area contributed by atoms with Crippen LogP contribution in [-0.2, 0) is 0 Å². The van der Waals surface area contributed by atoms with Crippen LogP contribution in [0.1, 0.15) is 33.6 Å². The van der Waals surface area contributed by atoms with Crippen LogP contribution in [0.15, 0.2) is 0 Å². The molecule has 3 nitrogen and oxygen atoms in total. The molecule has 0 aromatic rings. The number of hydrogen-bond donors (Lipinski definition) is 1. The molecule has 0 aromatic heterocycles. The van der Waals surface area contributed by atoms with E-state index in [0.717, 1.165) is 6.54 Å². The summed E-state index contributed by atoms with van der Waals surface area (Å²) < 4.78 is 0. The summed E-state index contributed by atoms with van der Waals surface area (Å²) in [5, 5.41) is 20.6. The van der Waals surface area contributed by atoms with Crippen LogP contribution in [0.3, 0.4) is 0 Å². The molecule has 0 bridgehead atoms. The number of likely N-dealkylation sites (N-methyl/N-ethyl adjacent to an activating group) is 1. The molecule has 106 valence electrons. The van der Waals surface area contributed by atoms with Crippen LogP contribution in [0.5, 0.6) is 0 Å². The number of nitriles is 1. The normalized spacial score (nSPS) is 53.3. The fourth-order valence-corrected chi connectivity index (χ4v) is 5.86. The Labute approximate surface area is 116 Å². The smallest absolute Gasteiger partial charge is 0.0744 e. The Morgan fingerprint density at radius 3 is 2.63 bits per heavy atom. The second-order valence-corrected chi connectivity index (χ2v) is 7.60. The zero-order chi connectivity index (χ0) is 13.9. The molecule has 3 fully saturated rings. The van der Waals surface area contributed by atoms with Crippen LogP contribution in [0, 0.1) is 46.3 Å². The lowest BCUT2D eigenvalue weighted by Gasteiger charge is -2.53. The topological polar surface area (TPSA) is 47.3 Å². The van der Waals surface area contributed by atoms with Gasteiger partial charge in [-0.2, -0.15) is 5.26 Å². The molecule has 0 radical (unpaired) electrons. The minimum Gasteiger partial charge on any atom is -0.391 e. The summed E-state index contributed by atoms with van der Waals surface area (Å²) in [6, 6.07) is 2.82. The van der Waals surface area contributed by atoms with Crippen LogP contribution in [-0.4, -0.2) is 35.7 Å². The van der Waals surface area contributed by atoms with E-state index >= 15 is 0 Å². The molecule has 2 aliphatic carbocycles. The van der Waals surface area contributed by atoms with Gasteiger partial charge >= 0.3 is 0 Å². The van der Waals surface area contributed by atoms with Gasteiger partial charge in [0.15, 0.2) is 0 Å². The van der Waals surface area contributed by atoms with Gasteiger partial charge in [0.25, 0.3) is 0 Å². The maximum atomic E-state index is 10.9. The van der Waals surface area contributed by atoms with Crippen LogP contribution >= 0.6 is 0 Å². The van der Waals surface area contributed by atoms with Crippen LogP contribution in [0.2, 0.25) is 0 Å². The van der Waals surface area contributed by atoms with Crippen molar-refractivity contribution in [2.24, 2.45) is 35.0 Å². The fraction of sp³-hybridized carbons (Fsp3) is 0.938. The van der Waals surface area contributed by atoms with Gasteiger partial charge in [0, 0.05) is 18.5 Å². The lowest BCUT2D eigenvalue weighted by Crippen LogP contribution is -2.60. The largest absolute Gasteiger partial charge is 0.391 e. The van der Waals surface area contributed by atoms with E-state index in [1.54, 1.807) is 0 Å². The summed E-state index contributed by atoms with van der Waals surface area (Å²) >= 11 is 0. The van der Waals surface area contributed by atoms with Gasteiger partial charge < -0.3 is 5.11 Å². The second kappa shape index (κ2) is 4.20. The molecule has 3 heteroatoms. The van der Waals surface area contributed by atoms with Crippen molar-refractivity contribution in [3.05, 3.63) is 0 Å². The van der Waals surface area contributed by atoms with Crippen molar-refractivity contribution in [2.45, 2.75) is 45.8 Å². The van der Waals surface area contributed by atoms with Crippen molar-refractivity contribution in [1.29, 1.82) is 5.26 Å². The average molecular weight is 262 g/mol. The predicted octanol–water partition coefficient (Wildman–Crippen LogP) is 2.12. The highest BCUT2D eigenvalue weighted by molar-refractivity contribution is 5.19. The monoisotopic (exact) mass is 262 g/mol. The van der Waals surface area contributed by atoms with Gasteiger partial charge in [0.2, 0.25) is 0 Å². The highest BCUT2D eigenvalue weighted by Crippen LogP contribution is 2.63. The summed E-state index contributed by atoms with van der Waals surface area (Å²) in [6.45, 7) is 7.75. The first-order chi connectivity index (χ1) is 8.92. The molecule has 2 saturated carbocycles. The Morgan fingerprint density at radius 2 is 2.05 bits per heavy atom. The number of rotatable bonds is 1. The Hall–Kier alpha value is -0.590. The summed E-state index contributed by atoms with van der Waals surface area (Å²) in [6.07, 6.45) is 2.07. The molecule has 3 aliphatic rings. The lowest BCUT2D eigenvalue weighted by atomic mass is 9.54. The Morgan fingerprint density at radius 1 is 1.37 bits per heavy atom. The quantitative estimate of drug-likeness (QED) is 0.787. The molecule has 0 aromatic carbocycles. The van der Waals surface area contributed by atoms with E-state index in [9.17, 15) is 10.4 Å². The Bertz CT molecular complexity index is 415. The van der Waals surface area contributed by atoms with Crippen molar-refractivity contribution in [3.8, 4) is 6.07 Å². The Balaban J connectivity index is 2.07. The molecule has 19 heavy (non-hydrogen) atoms. The SMILES string of the molecule is CC(C)[C@@H]1[C@@H](O)[C@H]2N(C)C[C@H]3CC[C@@H]([C@H]1C#N)[C@]32C. The highest BCUT2D eigenvalue weighted by atomic mass is 16.3. The van der Waals surface area contributed by atoms with Crippen molar-refractivity contribution in [3.63, 3.8) is 0 Å². The highest BCUT2D eigenvalue weighted by Gasteiger charge is 2.66. The third kappa shape index (κ3) is 1.51. The molecule has 0 amide bonds. The molecular weight excluding hydrogens is 236 g/mol. The van der Waals surface area contributed by atoms with Gasteiger partial charge in [-0.25, -0.2) is 0 Å². The number of likely N-dealkylation sites (tertiary alicyclic amines) is 1. The van der Waals surface area contributed by atoms with Crippen LogP contribution in [0.4, 0.5) is 0 Å². The van der Waals surface area contributed by atoms with Gasteiger partial charge in [-0.3, -0.25) is 4.90 Å². The van der Waals surface area contributed by atoms with E-state index < -0.39 is 0 Å². The summed E-state index contributed by atoms with van der Waals surface area (Å²) in [4.78, 5) is 2.37. The van der Waals surface area contributed by atoms with E-state index in [-0.39, 0.29) is 29.4 Å². The number of nitrogens with zero attached hydrogens (tertiary/aromatic N) is 2. The number of aliphatic hydroxyl groups excluding tert-OH is 1. The molecule has 0 spiro atoms. The van der Waals surface area contributed by atoms with Gasteiger partial charge in [-0.15, -0.1) is 0 Å². The standard InChI is InChI=1S/C16H26N2O/c1-9(2)13-11(7-17)12-6-5-10-8-18(4)15(14(13)19)16(10,12)3/h9-15,19H,5-6,8H2,1-4H3/t10-,11-,12+,13+,14-,15-,16+/m1/s1. The van der Waals surface area contributed by atoms with Gasteiger partial charge in [-0.05, 0) is 43.1 Å². The third-order valence-electron chi connectivity index (χ3n) is 6.61. The van der Waals surface area contributed by atoms with Gasteiger partial charge in [0.1, 0.15) is 0 Å². The first-order valence-electron chi connectivity index (χ1n) is 7.70. The second-order valence-electron chi connectivity index (χ2n) is 7.60. The predicted molar refractivity (Wildman–Crippen MR) is 74.2 cm³/mol. The van der Waals surface area contributed by atoms with Crippen molar-refractivity contribution in [2.75, 3.05) is 13.6 Å². The molecule has 7 atom stereocenters. The molecule has 1 heterocycles. The Kier molecular flexibility index (Phi) is 2.96. The number of aliphatic hydroxyl groups is 1. The zero-order valence-corrected chi connectivity index (χ0v) is 12.5. The van der Waals surface area contributed by atoms with Crippen LogP contribution in [0.25, 0.3) is 0 Å². The molecule has 1 saturated heterocycles. The van der Waals surface area contributed by atoms with E-state index in [0.29, 0.717) is 17.8 Å². The molecule has 1 aliphatic heterocycles. The third-order valence-corrected chi connectivity index (χ3v) is 6.61. The van der Waals surface area contributed by atoms with Gasteiger partial charge in [-0.1, -0.05) is 20.8 Å².